The van der Waals surface area contributed by atoms with E-state index < -0.39 is 10.8 Å². The molecule has 0 saturated heterocycles. The van der Waals surface area contributed by atoms with Crippen LogP contribution in [-0.2, 0) is 10.8 Å². The van der Waals surface area contributed by atoms with Crippen LogP contribution in [-0.4, -0.2) is 20.8 Å². The number of hydrogen-bond donors (Lipinski definition) is 1. The van der Waals surface area contributed by atoms with E-state index in [9.17, 15) is 4.21 Å². The first-order valence-electron chi connectivity index (χ1n) is 7.24. The van der Waals surface area contributed by atoms with Gasteiger partial charge in [-0.1, -0.05) is 33.1 Å². The van der Waals surface area contributed by atoms with Crippen LogP contribution in [0.2, 0.25) is 0 Å². The van der Waals surface area contributed by atoms with Crippen molar-refractivity contribution >= 4 is 10.8 Å². The van der Waals surface area contributed by atoms with E-state index in [1.54, 1.807) is 0 Å². The third-order valence-electron chi connectivity index (χ3n) is 4.58. The predicted molar refractivity (Wildman–Crippen MR) is 74.3 cm³/mol. The van der Waals surface area contributed by atoms with Crippen LogP contribution >= 0.6 is 0 Å². The van der Waals surface area contributed by atoms with E-state index in [0.29, 0.717) is 17.1 Å². The van der Waals surface area contributed by atoms with Gasteiger partial charge in [-0.05, 0) is 37.5 Å². The highest BCUT2D eigenvalue weighted by Gasteiger charge is 2.38. The Morgan fingerprint density at radius 1 is 1.06 bits per heavy atom. The van der Waals surface area contributed by atoms with Crippen LogP contribution in [0.4, 0.5) is 0 Å². The summed E-state index contributed by atoms with van der Waals surface area (Å²) in [5.74, 6) is 1.25. The fourth-order valence-electron chi connectivity index (χ4n) is 3.81. The maximum atomic E-state index is 12.7. The van der Waals surface area contributed by atoms with Crippen LogP contribution in [0, 0.1) is 11.8 Å². The molecule has 5 unspecified atom stereocenters. The van der Waals surface area contributed by atoms with Gasteiger partial charge in [-0.2, -0.15) is 0 Å². The number of nitrogens with two attached hydrogens (primary N) is 1. The fourth-order valence-corrected chi connectivity index (χ4v) is 6.07. The van der Waals surface area contributed by atoms with Gasteiger partial charge in [-0.15, -0.1) is 0 Å². The molecule has 2 N–H and O–H groups in total. The molecule has 0 aromatic heterocycles. The molecule has 2 rings (SSSR count). The summed E-state index contributed by atoms with van der Waals surface area (Å²) in [6.45, 7) is 4.52. The average molecular weight is 257 g/mol. The van der Waals surface area contributed by atoms with Crippen molar-refractivity contribution in [2.45, 2.75) is 75.3 Å². The van der Waals surface area contributed by atoms with Crippen molar-refractivity contribution < 1.29 is 4.21 Å². The molecule has 17 heavy (non-hydrogen) atoms. The van der Waals surface area contributed by atoms with E-state index in [2.05, 4.69) is 13.8 Å². The second-order valence-electron chi connectivity index (χ2n) is 6.27. The summed E-state index contributed by atoms with van der Waals surface area (Å²) in [5.41, 5.74) is 6.27. The van der Waals surface area contributed by atoms with Gasteiger partial charge < -0.3 is 5.73 Å². The number of rotatable bonds is 2. The van der Waals surface area contributed by atoms with Gasteiger partial charge in [0.2, 0.25) is 0 Å². The third kappa shape index (κ3) is 3.11. The van der Waals surface area contributed by atoms with Crippen LogP contribution in [0.5, 0.6) is 0 Å². The zero-order valence-electron chi connectivity index (χ0n) is 11.2. The van der Waals surface area contributed by atoms with Crippen molar-refractivity contribution in [3.63, 3.8) is 0 Å². The maximum Gasteiger partial charge on any atom is 0.0527 e. The minimum Gasteiger partial charge on any atom is -0.327 e. The van der Waals surface area contributed by atoms with Gasteiger partial charge >= 0.3 is 0 Å². The first-order valence-corrected chi connectivity index (χ1v) is 8.52. The molecule has 0 bridgehead atoms. The number of hydrogen-bond acceptors (Lipinski definition) is 2. The van der Waals surface area contributed by atoms with Gasteiger partial charge in [0, 0.05) is 22.1 Å². The van der Waals surface area contributed by atoms with Crippen molar-refractivity contribution in [3.8, 4) is 0 Å². The van der Waals surface area contributed by atoms with Crippen molar-refractivity contribution in [2.75, 3.05) is 0 Å². The van der Waals surface area contributed by atoms with E-state index in [-0.39, 0.29) is 11.3 Å². The molecule has 100 valence electrons. The van der Waals surface area contributed by atoms with Crippen molar-refractivity contribution in [1.82, 2.24) is 0 Å². The van der Waals surface area contributed by atoms with Gasteiger partial charge in [-0.3, -0.25) is 4.21 Å². The minimum atomic E-state index is -0.693. The summed E-state index contributed by atoms with van der Waals surface area (Å²) in [6.07, 6.45) is 8.46. The van der Waals surface area contributed by atoms with Crippen molar-refractivity contribution in [3.05, 3.63) is 0 Å². The Labute approximate surface area is 108 Å². The molecule has 2 nitrogen and oxygen atoms in total. The van der Waals surface area contributed by atoms with Crippen LogP contribution in [0.3, 0.4) is 0 Å². The highest BCUT2D eigenvalue weighted by atomic mass is 32.2. The maximum absolute atomic E-state index is 12.7. The van der Waals surface area contributed by atoms with Crippen molar-refractivity contribution in [1.29, 1.82) is 0 Å². The lowest BCUT2D eigenvalue weighted by Gasteiger charge is -2.39. The molecule has 0 heterocycles. The first-order chi connectivity index (χ1) is 8.09. The molecular formula is C14H27NOS. The molecule has 0 aromatic carbocycles. The smallest absolute Gasteiger partial charge is 0.0527 e. The largest absolute Gasteiger partial charge is 0.327 e. The summed E-state index contributed by atoms with van der Waals surface area (Å²) in [5, 5.41) is 0.699. The van der Waals surface area contributed by atoms with E-state index in [1.807, 2.05) is 0 Å². The second-order valence-corrected chi connectivity index (χ2v) is 8.14. The van der Waals surface area contributed by atoms with Crippen LogP contribution in [0.15, 0.2) is 0 Å². The summed E-state index contributed by atoms with van der Waals surface area (Å²) >= 11 is 0. The SMILES string of the molecule is CC1CC(C)C(S(=O)C2CCCCC2)C(N)C1. The summed E-state index contributed by atoms with van der Waals surface area (Å²) in [4.78, 5) is 0. The molecule has 2 aliphatic carbocycles. The molecule has 5 atom stereocenters. The van der Waals surface area contributed by atoms with Gasteiger partial charge in [0.05, 0.1) is 5.25 Å². The topological polar surface area (TPSA) is 43.1 Å². The quantitative estimate of drug-likeness (QED) is 0.826. The zero-order chi connectivity index (χ0) is 12.4. The Hall–Kier alpha value is 0.110. The van der Waals surface area contributed by atoms with Crippen LogP contribution in [0.1, 0.15) is 58.8 Å². The molecule has 0 spiro atoms. The summed E-state index contributed by atoms with van der Waals surface area (Å²) < 4.78 is 12.7. The lowest BCUT2D eigenvalue weighted by atomic mass is 9.80. The molecule has 2 fully saturated rings. The molecule has 0 aliphatic heterocycles. The van der Waals surface area contributed by atoms with Crippen LogP contribution < -0.4 is 5.73 Å². The first kappa shape index (κ1) is 13.5. The van der Waals surface area contributed by atoms with E-state index in [1.165, 1.54) is 25.7 Å². The average Bonchev–Trinajstić information content (AvgIpc) is 2.28. The molecular weight excluding hydrogens is 230 g/mol. The summed E-state index contributed by atoms with van der Waals surface area (Å²) in [6, 6.07) is 0.163. The minimum absolute atomic E-state index is 0.163. The van der Waals surface area contributed by atoms with E-state index in [4.69, 9.17) is 5.73 Å². The Kier molecular flexibility index (Phi) is 4.65. The molecule has 0 aromatic rings. The zero-order valence-corrected chi connectivity index (χ0v) is 12.0. The molecule has 0 amide bonds. The lowest BCUT2D eigenvalue weighted by Crippen LogP contribution is -2.49. The highest BCUT2D eigenvalue weighted by molar-refractivity contribution is 7.86. The molecule has 0 radical (unpaired) electrons. The molecule has 2 aliphatic rings. The Morgan fingerprint density at radius 2 is 1.71 bits per heavy atom. The summed E-state index contributed by atoms with van der Waals surface area (Å²) in [7, 11) is -0.693. The normalized spacial score (nSPS) is 42.3. The van der Waals surface area contributed by atoms with Gasteiger partial charge in [0.25, 0.3) is 0 Å². The highest BCUT2D eigenvalue weighted by Crippen LogP contribution is 2.35. The van der Waals surface area contributed by atoms with Gasteiger partial charge in [0.15, 0.2) is 0 Å². The monoisotopic (exact) mass is 257 g/mol. The van der Waals surface area contributed by atoms with Crippen LogP contribution in [0.25, 0.3) is 0 Å². The van der Waals surface area contributed by atoms with Crippen molar-refractivity contribution in [2.24, 2.45) is 17.6 Å². The van der Waals surface area contributed by atoms with E-state index >= 15 is 0 Å². The van der Waals surface area contributed by atoms with Gasteiger partial charge in [0.1, 0.15) is 0 Å². The lowest BCUT2D eigenvalue weighted by molar-refractivity contribution is 0.274. The van der Waals surface area contributed by atoms with E-state index in [0.717, 1.165) is 19.3 Å². The standard InChI is InChI=1S/C14H27NOS/c1-10-8-11(2)14(13(15)9-10)17(16)12-6-4-3-5-7-12/h10-14H,3-9,15H2,1-2H3. The fraction of sp³-hybridized carbons (Fsp3) is 1.00. The van der Waals surface area contributed by atoms with Gasteiger partial charge in [-0.25, -0.2) is 0 Å². The Morgan fingerprint density at radius 3 is 2.29 bits per heavy atom. The molecule has 2 saturated carbocycles. The predicted octanol–water partition coefficient (Wildman–Crippen LogP) is 2.83. The second kappa shape index (κ2) is 5.83. The Bertz CT molecular complexity index is 263. The third-order valence-corrected chi connectivity index (χ3v) is 7.06. The Balaban J connectivity index is 2.01. The molecule has 3 heteroatoms.